The van der Waals surface area contributed by atoms with Crippen LogP contribution in [0.1, 0.15) is 22.8 Å². The number of nitro groups is 1. The van der Waals surface area contributed by atoms with Crippen LogP contribution in [0.4, 0.5) is 10.8 Å². The zero-order chi connectivity index (χ0) is 18.0. The standard InChI is InChI=1S/C17H15N3O3S2/c1-3-10-4-6-12-15(8-10)25-17(18-12)19-16(21)11-5-7-14(24-2)13(9-11)20(22)23/h4-9H,3H2,1-2H3,(H,18,19,21). The van der Waals surface area contributed by atoms with Crippen molar-refractivity contribution >= 4 is 50.0 Å². The molecule has 6 nitrogen and oxygen atoms in total. The molecular weight excluding hydrogens is 358 g/mol. The molecule has 8 heteroatoms. The Balaban J connectivity index is 1.87. The molecule has 1 N–H and O–H groups in total. The largest absolute Gasteiger partial charge is 0.298 e. The number of aromatic nitrogens is 1. The van der Waals surface area contributed by atoms with Crippen molar-refractivity contribution in [1.82, 2.24) is 4.98 Å². The molecule has 1 amide bonds. The van der Waals surface area contributed by atoms with Crippen LogP contribution < -0.4 is 5.32 Å². The van der Waals surface area contributed by atoms with Crippen LogP contribution in [0.3, 0.4) is 0 Å². The molecule has 3 aromatic rings. The summed E-state index contributed by atoms with van der Waals surface area (Å²) in [6, 6.07) is 10.5. The van der Waals surface area contributed by atoms with Crippen molar-refractivity contribution in [3.05, 3.63) is 57.6 Å². The van der Waals surface area contributed by atoms with Crippen LogP contribution in [0.5, 0.6) is 0 Å². The maximum Gasteiger partial charge on any atom is 0.283 e. The first-order chi connectivity index (χ1) is 12.0. The number of nitrogens with one attached hydrogen (secondary N) is 1. The lowest BCUT2D eigenvalue weighted by Gasteiger charge is -2.04. The summed E-state index contributed by atoms with van der Waals surface area (Å²) in [5, 5.41) is 14.3. The Labute approximate surface area is 152 Å². The lowest BCUT2D eigenvalue weighted by molar-refractivity contribution is -0.387. The number of carbonyl (C=O) groups is 1. The number of anilines is 1. The molecular formula is C17H15N3O3S2. The third kappa shape index (κ3) is 3.64. The van der Waals surface area contributed by atoms with Crippen LogP contribution in [0.2, 0.25) is 0 Å². The molecule has 0 saturated carbocycles. The van der Waals surface area contributed by atoms with E-state index in [1.165, 1.54) is 34.7 Å². The number of carbonyl (C=O) groups excluding carboxylic acids is 1. The van der Waals surface area contributed by atoms with Crippen LogP contribution in [0.25, 0.3) is 10.2 Å². The van der Waals surface area contributed by atoms with E-state index in [0.717, 1.165) is 16.6 Å². The number of nitrogens with zero attached hydrogens (tertiary/aromatic N) is 2. The van der Waals surface area contributed by atoms with E-state index < -0.39 is 10.8 Å². The number of thiazole rings is 1. The van der Waals surface area contributed by atoms with Gasteiger partial charge in [0.2, 0.25) is 0 Å². The second-order valence-electron chi connectivity index (χ2n) is 5.27. The summed E-state index contributed by atoms with van der Waals surface area (Å²) in [5.74, 6) is -0.412. The number of fused-ring (bicyclic) bond motifs is 1. The van der Waals surface area contributed by atoms with Gasteiger partial charge in [-0.1, -0.05) is 24.3 Å². The van der Waals surface area contributed by atoms with Gasteiger partial charge in [-0.2, -0.15) is 0 Å². The average Bonchev–Trinajstić information content (AvgIpc) is 3.02. The van der Waals surface area contributed by atoms with Crippen LogP contribution >= 0.6 is 23.1 Å². The van der Waals surface area contributed by atoms with Crippen LogP contribution in [-0.2, 0) is 6.42 Å². The molecule has 0 aliphatic carbocycles. The highest BCUT2D eigenvalue weighted by Gasteiger charge is 2.18. The number of rotatable bonds is 5. The summed E-state index contributed by atoms with van der Waals surface area (Å²) in [4.78, 5) is 28.0. The molecule has 2 aromatic carbocycles. The van der Waals surface area contributed by atoms with Gasteiger partial charge in [-0.25, -0.2) is 4.98 Å². The van der Waals surface area contributed by atoms with E-state index in [0.29, 0.717) is 10.0 Å². The smallest absolute Gasteiger partial charge is 0.283 e. The Kier molecular flexibility index (Phi) is 5.00. The molecule has 0 bridgehead atoms. The third-order valence-corrected chi connectivity index (χ3v) is 5.44. The maximum atomic E-state index is 12.4. The molecule has 3 rings (SSSR count). The first-order valence-electron chi connectivity index (χ1n) is 7.55. The van der Waals surface area contributed by atoms with Gasteiger partial charge >= 0.3 is 0 Å². The predicted octanol–water partition coefficient (Wildman–Crippen LogP) is 4.74. The minimum Gasteiger partial charge on any atom is -0.298 e. The molecule has 0 unspecified atom stereocenters. The van der Waals surface area contributed by atoms with Gasteiger partial charge in [-0.05, 0) is 42.5 Å². The van der Waals surface area contributed by atoms with Crippen molar-refractivity contribution in [3.8, 4) is 0 Å². The fourth-order valence-electron chi connectivity index (χ4n) is 2.39. The highest BCUT2D eigenvalue weighted by molar-refractivity contribution is 7.98. The Morgan fingerprint density at radius 1 is 1.32 bits per heavy atom. The Morgan fingerprint density at radius 2 is 2.12 bits per heavy atom. The predicted molar refractivity (Wildman–Crippen MR) is 102 cm³/mol. The van der Waals surface area contributed by atoms with Gasteiger partial charge in [0.25, 0.3) is 11.6 Å². The van der Waals surface area contributed by atoms with Gasteiger partial charge in [-0.3, -0.25) is 20.2 Å². The van der Waals surface area contributed by atoms with Gasteiger partial charge in [0.15, 0.2) is 5.13 Å². The summed E-state index contributed by atoms with van der Waals surface area (Å²) in [7, 11) is 0. The number of aryl methyl sites for hydroxylation is 1. The van der Waals surface area contributed by atoms with E-state index in [-0.39, 0.29) is 11.3 Å². The van der Waals surface area contributed by atoms with Crippen molar-refractivity contribution in [2.75, 3.05) is 11.6 Å². The van der Waals surface area contributed by atoms with E-state index in [9.17, 15) is 14.9 Å². The van der Waals surface area contributed by atoms with Crippen molar-refractivity contribution in [2.24, 2.45) is 0 Å². The average molecular weight is 373 g/mol. The van der Waals surface area contributed by atoms with E-state index in [1.807, 2.05) is 12.1 Å². The topological polar surface area (TPSA) is 85.1 Å². The minimum atomic E-state index is -0.480. The lowest BCUT2D eigenvalue weighted by atomic mass is 10.2. The van der Waals surface area contributed by atoms with E-state index in [2.05, 4.69) is 23.3 Å². The fraction of sp³-hybridized carbons (Fsp3) is 0.176. The maximum absolute atomic E-state index is 12.4. The summed E-state index contributed by atoms with van der Waals surface area (Å²) in [5.41, 5.74) is 2.19. The number of benzene rings is 2. The first kappa shape index (κ1) is 17.4. The number of thioether (sulfide) groups is 1. The number of amides is 1. The van der Waals surface area contributed by atoms with Crippen LogP contribution in [0, 0.1) is 10.1 Å². The van der Waals surface area contributed by atoms with Crippen molar-refractivity contribution in [2.45, 2.75) is 18.2 Å². The summed E-state index contributed by atoms with van der Waals surface area (Å²) in [6.07, 6.45) is 2.69. The second-order valence-corrected chi connectivity index (χ2v) is 7.15. The molecule has 25 heavy (non-hydrogen) atoms. The van der Waals surface area contributed by atoms with Gasteiger partial charge in [0, 0.05) is 11.6 Å². The van der Waals surface area contributed by atoms with E-state index >= 15 is 0 Å². The Bertz CT molecular complexity index is 969. The molecule has 0 saturated heterocycles. The van der Waals surface area contributed by atoms with Crippen molar-refractivity contribution in [1.29, 1.82) is 0 Å². The van der Waals surface area contributed by atoms with Gasteiger partial charge < -0.3 is 0 Å². The zero-order valence-electron chi connectivity index (χ0n) is 13.6. The van der Waals surface area contributed by atoms with Gasteiger partial charge in [0.05, 0.1) is 20.0 Å². The number of hydrogen-bond acceptors (Lipinski definition) is 6. The molecule has 128 valence electrons. The fourth-order valence-corrected chi connectivity index (χ4v) is 3.86. The van der Waals surface area contributed by atoms with E-state index in [4.69, 9.17) is 0 Å². The summed E-state index contributed by atoms with van der Waals surface area (Å²) < 4.78 is 0.998. The van der Waals surface area contributed by atoms with Crippen molar-refractivity contribution in [3.63, 3.8) is 0 Å². The SMILES string of the molecule is CCc1ccc2nc(NC(=O)c3ccc(SC)c([N+](=O)[O-])c3)sc2c1. The molecule has 0 aliphatic rings. The third-order valence-electron chi connectivity index (χ3n) is 3.72. The lowest BCUT2D eigenvalue weighted by Crippen LogP contribution is -2.12. The Hall–Kier alpha value is -2.45. The zero-order valence-corrected chi connectivity index (χ0v) is 15.2. The number of hydrogen-bond donors (Lipinski definition) is 1. The molecule has 1 heterocycles. The molecule has 0 spiro atoms. The van der Waals surface area contributed by atoms with Crippen LogP contribution in [0.15, 0.2) is 41.3 Å². The quantitative estimate of drug-likeness (QED) is 0.397. The number of nitro benzene ring substituents is 1. The first-order valence-corrected chi connectivity index (χ1v) is 9.59. The van der Waals surface area contributed by atoms with Gasteiger partial charge in [-0.15, -0.1) is 11.8 Å². The summed E-state index contributed by atoms with van der Waals surface area (Å²) >= 11 is 2.66. The molecule has 0 aliphatic heterocycles. The summed E-state index contributed by atoms with van der Waals surface area (Å²) in [6.45, 7) is 2.08. The monoisotopic (exact) mass is 373 g/mol. The highest BCUT2D eigenvalue weighted by Crippen LogP contribution is 2.30. The van der Waals surface area contributed by atoms with E-state index in [1.54, 1.807) is 18.4 Å². The highest BCUT2D eigenvalue weighted by atomic mass is 32.2. The second kappa shape index (κ2) is 7.20. The normalized spacial score (nSPS) is 10.8. The minimum absolute atomic E-state index is 0.0722. The molecule has 1 aromatic heterocycles. The van der Waals surface area contributed by atoms with Gasteiger partial charge in [0.1, 0.15) is 0 Å². The molecule has 0 radical (unpaired) electrons. The van der Waals surface area contributed by atoms with Crippen molar-refractivity contribution < 1.29 is 9.72 Å². The van der Waals surface area contributed by atoms with Crippen LogP contribution in [-0.4, -0.2) is 22.1 Å². The Morgan fingerprint density at radius 3 is 2.80 bits per heavy atom. The molecule has 0 atom stereocenters. The molecule has 0 fully saturated rings.